The second kappa shape index (κ2) is 4.61. The Morgan fingerprint density at radius 2 is 2.18 bits per heavy atom. The number of ether oxygens (including phenoxy) is 1. The van der Waals surface area contributed by atoms with Crippen LogP contribution in [0.3, 0.4) is 0 Å². The van der Waals surface area contributed by atoms with Crippen molar-refractivity contribution in [2.45, 2.75) is 6.92 Å². The largest absolute Gasteiger partial charge is 0.478 e. The Bertz CT molecular complexity index is 541. The molecule has 0 aliphatic heterocycles. The minimum absolute atomic E-state index is 0.175. The van der Waals surface area contributed by atoms with Gasteiger partial charge in [0, 0.05) is 12.3 Å². The maximum Gasteiger partial charge on any atom is 0.335 e. The van der Waals surface area contributed by atoms with E-state index in [0.29, 0.717) is 11.6 Å². The van der Waals surface area contributed by atoms with Gasteiger partial charge in [-0.1, -0.05) is 6.07 Å². The second-order valence-electron chi connectivity index (χ2n) is 3.45. The Labute approximate surface area is 97.7 Å². The normalized spacial score (nSPS) is 9.94. The van der Waals surface area contributed by atoms with Gasteiger partial charge in [-0.25, -0.2) is 4.79 Å². The Balaban J connectivity index is 2.32. The van der Waals surface area contributed by atoms with Gasteiger partial charge in [0.2, 0.25) is 5.88 Å². The third kappa shape index (κ3) is 2.57. The van der Waals surface area contributed by atoms with Gasteiger partial charge in [-0.3, -0.25) is 0 Å². The fourth-order valence-corrected chi connectivity index (χ4v) is 1.30. The Morgan fingerprint density at radius 1 is 1.35 bits per heavy atom. The van der Waals surface area contributed by atoms with E-state index in [4.69, 9.17) is 9.84 Å². The Kier molecular flexibility index (Phi) is 3.00. The molecular formula is C12H10N2O3. The van der Waals surface area contributed by atoms with E-state index in [-0.39, 0.29) is 5.56 Å². The molecule has 86 valence electrons. The van der Waals surface area contributed by atoms with Crippen molar-refractivity contribution in [2.75, 3.05) is 0 Å². The van der Waals surface area contributed by atoms with Gasteiger partial charge in [0.15, 0.2) is 0 Å². The van der Waals surface area contributed by atoms with Crippen LogP contribution in [0.25, 0.3) is 0 Å². The molecular weight excluding hydrogens is 220 g/mol. The smallest absolute Gasteiger partial charge is 0.335 e. The molecule has 0 atom stereocenters. The molecule has 0 radical (unpaired) electrons. The first-order valence-corrected chi connectivity index (χ1v) is 4.96. The van der Waals surface area contributed by atoms with E-state index >= 15 is 0 Å². The lowest BCUT2D eigenvalue weighted by Crippen LogP contribution is -1.98. The molecule has 0 bridgehead atoms. The number of benzene rings is 1. The Hall–Kier alpha value is -2.43. The van der Waals surface area contributed by atoms with Crippen molar-refractivity contribution in [2.24, 2.45) is 0 Å². The molecule has 0 saturated carbocycles. The third-order valence-electron chi connectivity index (χ3n) is 2.20. The first kappa shape index (κ1) is 11.1. The van der Waals surface area contributed by atoms with Crippen LogP contribution in [0.1, 0.15) is 15.9 Å². The van der Waals surface area contributed by atoms with Gasteiger partial charge in [0.25, 0.3) is 0 Å². The molecule has 0 unspecified atom stereocenters. The summed E-state index contributed by atoms with van der Waals surface area (Å²) in [5.74, 6) is -0.197. The molecule has 0 aliphatic rings. The summed E-state index contributed by atoms with van der Waals surface area (Å²) in [6.07, 6.45) is 1.54. The molecule has 0 saturated heterocycles. The highest BCUT2D eigenvalue weighted by Gasteiger charge is 2.08. The van der Waals surface area contributed by atoms with Gasteiger partial charge in [-0.15, -0.1) is 5.10 Å². The first-order valence-electron chi connectivity index (χ1n) is 4.96. The zero-order chi connectivity index (χ0) is 12.3. The van der Waals surface area contributed by atoms with E-state index in [2.05, 4.69) is 10.2 Å². The molecule has 0 spiro atoms. The number of aryl methyl sites for hydroxylation is 1. The van der Waals surface area contributed by atoms with Crippen LogP contribution in [0.2, 0.25) is 0 Å². The molecule has 17 heavy (non-hydrogen) atoms. The van der Waals surface area contributed by atoms with E-state index in [1.54, 1.807) is 18.2 Å². The summed E-state index contributed by atoms with van der Waals surface area (Å²) in [6, 6.07) is 8.03. The highest BCUT2D eigenvalue weighted by atomic mass is 16.5. The molecule has 2 aromatic rings. The minimum Gasteiger partial charge on any atom is -0.478 e. The number of carboxylic acid groups (broad SMARTS) is 1. The monoisotopic (exact) mass is 230 g/mol. The van der Waals surface area contributed by atoms with Gasteiger partial charge in [0.05, 0.1) is 5.56 Å². The lowest BCUT2D eigenvalue weighted by atomic mass is 10.1. The van der Waals surface area contributed by atoms with Crippen LogP contribution in [-0.4, -0.2) is 21.3 Å². The predicted octanol–water partition coefficient (Wildman–Crippen LogP) is 2.28. The number of aromatic carboxylic acids is 1. The lowest BCUT2D eigenvalue weighted by Gasteiger charge is -2.07. The molecule has 1 N–H and O–H groups in total. The van der Waals surface area contributed by atoms with Gasteiger partial charge in [0.1, 0.15) is 5.75 Å². The van der Waals surface area contributed by atoms with Crippen molar-refractivity contribution in [3.63, 3.8) is 0 Å². The van der Waals surface area contributed by atoms with E-state index < -0.39 is 5.97 Å². The summed E-state index contributed by atoms with van der Waals surface area (Å²) in [5, 5.41) is 16.3. The van der Waals surface area contributed by atoms with Crippen LogP contribution in [-0.2, 0) is 0 Å². The molecule has 2 rings (SSSR count). The standard InChI is InChI=1S/C12H10N2O3/c1-8-4-5-9(12(15)16)7-10(8)17-11-3-2-6-13-14-11/h2-7H,1H3,(H,15,16). The van der Waals surface area contributed by atoms with Crippen molar-refractivity contribution < 1.29 is 14.6 Å². The quantitative estimate of drug-likeness (QED) is 0.875. The predicted molar refractivity (Wildman–Crippen MR) is 60.2 cm³/mol. The molecule has 5 heteroatoms. The second-order valence-corrected chi connectivity index (χ2v) is 3.45. The highest BCUT2D eigenvalue weighted by molar-refractivity contribution is 5.88. The topological polar surface area (TPSA) is 72.3 Å². The van der Waals surface area contributed by atoms with Crippen LogP contribution in [0.4, 0.5) is 0 Å². The molecule has 0 fully saturated rings. The molecule has 1 heterocycles. The van der Waals surface area contributed by atoms with E-state index in [1.807, 2.05) is 6.92 Å². The summed E-state index contributed by atoms with van der Waals surface area (Å²) < 4.78 is 5.46. The summed E-state index contributed by atoms with van der Waals surface area (Å²) in [6.45, 7) is 1.83. The lowest BCUT2D eigenvalue weighted by molar-refractivity contribution is 0.0696. The van der Waals surface area contributed by atoms with Crippen molar-refractivity contribution >= 4 is 5.97 Å². The Morgan fingerprint density at radius 3 is 2.82 bits per heavy atom. The van der Waals surface area contributed by atoms with E-state index in [1.165, 1.54) is 18.3 Å². The first-order chi connectivity index (χ1) is 8.16. The third-order valence-corrected chi connectivity index (χ3v) is 2.20. The fourth-order valence-electron chi connectivity index (χ4n) is 1.30. The number of hydrogen-bond acceptors (Lipinski definition) is 4. The highest BCUT2D eigenvalue weighted by Crippen LogP contribution is 2.24. The van der Waals surface area contributed by atoms with E-state index in [9.17, 15) is 4.79 Å². The van der Waals surface area contributed by atoms with Crippen molar-refractivity contribution in [3.8, 4) is 11.6 Å². The van der Waals surface area contributed by atoms with Crippen molar-refractivity contribution in [1.29, 1.82) is 0 Å². The fraction of sp³-hybridized carbons (Fsp3) is 0.0833. The van der Waals surface area contributed by atoms with Gasteiger partial charge < -0.3 is 9.84 Å². The van der Waals surface area contributed by atoms with Crippen LogP contribution < -0.4 is 4.74 Å². The number of aromatic nitrogens is 2. The van der Waals surface area contributed by atoms with Crippen LogP contribution >= 0.6 is 0 Å². The molecule has 5 nitrogen and oxygen atoms in total. The van der Waals surface area contributed by atoms with Crippen molar-refractivity contribution in [3.05, 3.63) is 47.7 Å². The number of carbonyl (C=O) groups is 1. The number of rotatable bonds is 3. The van der Waals surface area contributed by atoms with Gasteiger partial charge in [-0.2, -0.15) is 5.10 Å². The molecule has 0 amide bonds. The summed E-state index contributed by atoms with van der Waals surface area (Å²) in [7, 11) is 0. The maximum atomic E-state index is 10.8. The van der Waals surface area contributed by atoms with Crippen LogP contribution in [0.15, 0.2) is 36.5 Å². The number of nitrogens with zero attached hydrogens (tertiary/aromatic N) is 2. The number of hydrogen-bond donors (Lipinski definition) is 1. The SMILES string of the molecule is Cc1ccc(C(=O)O)cc1Oc1cccnn1. The van der Waals surface area contributed by atoms with E-state index in [0.717, 1.165) is 5.56 Å². The maximum absolute atomic E-state index is 10.8. The summed E-state index contributed by atoms with van der Waals surface area (Å²) >= 11 is 0. The molecule has 1 aromatic heterocycles. The molecule has 1 aromatic carbocycles. The average Bonchev–Trinajstić information content (AvgIpc) is 2.33. The minimum atomic E-state index is -0.992. The zero-order valence-electron chi connectivity index (χ0n) is 9.12. The molecule has 0 aliphatic carbocycles. The van der Waals surface area contributed by atoms with Crippen molar-refractivity contribution in [1.82, 2.24) is 10.2 Å². The van der Waals surface area contributed by atoms with Gasteiger partial charge >= 0.3 is 5.97 Å². The summed E-state index contributed by atoms with van der Waals surface area (Å²) in [4.78, 5) is 10.8. The summed E-state index contributed by atoms with van der Waals surface area (Å²) in [5.41, 5.74) is 1.01. The van der Waals surface area contributed by atoms with Crippen LogP contribution in [0, 0.1) is 6.92 Å². The average molecular weight is 230 g/mol. The number of carboxylic acids is 1. The van der Waals surface area contributed by atoms with Crippen LogP contribution in [0.5, 0.6) is 11.6 Å². The zero-order valence-corrected chi connectivity index (χ0v) is 9.12. The van der Waals surface area contributed by atoms with Gasteiger partial charge in [-0.05, 0) is 30.7 Å².